The molecular weight excluding hydrogens is 405 g/mol. The summed E-state index contributed by atoms with van der Waals surface area (Å²) >= 11 is 2.20. The van der Waals surface area contributed by atoms with Crippen molar-refractivity contribution < 1.29 is 9.32 Å². The topological polar surface area (TPSA) is 68.0 Å². The van der Waals surface area contributed by atoms with Crippen LogP contribution in [-0.4, -0.2) is 16.0 Å². The van der Waals surface area contributed by atoms with E-state index in [0.717, 1.165) is 9.13 Å². The Balaban J connectivity index is 1.64. The van der Waals surface area contributed by atoms with Crippen LogP contribution in [0.2, 0.25) is 0 Å². The summed E-state index contributed by atoms with van der Waals surface area (Å²) in [5.41, 5.74) is 2.65. The minimum Gasteiger partial charge on any atom is -0.343 e. The predicted molar refractivity (Wildman–Crippen MR) is 94.8 cm³/mol. The Kier molecular flexibility index (Phi) is 4.71. The van der Waals surface area contributed by atoms with Gasteiger partial charge < -0.3 is 9.84 Å². The first-order valence-electron chi connectivity index (χ1n) is 7.05. The van der Waals surface area contributed by atoms with Crippen molar-refractivity contribution in [3.05, 3.63) is 69.1 Å². The van der Waals surface area contributed by atoms with E-state index in [4.69, 9.17) is 4.52 Å². The van der Waals surface area contributed by atoms with Gasteiger partial charge in [-0.3, -0.25) is 4.79 Å². The number of nitrogens with one attached hydrogen (secondary N) is 1. The molecule has 0 aliphatic carbocycles. The molecule has 1 aromatic heterocycles. The Labute approximate surface area is 147 Å². The van der Waals surface area contributed by atoms with E-state index in [1.54, 1.807) is 12.1 Å². The quantitative estimate of drug-likeness (QED) is 0.657. The second kappa shape index (κ2) is 6.91. The molecule has 6 heteroatoms. The second-order valence-electron chi connectivity index (χ2n) is 5.07. The lowest BCUT2D eigenvalue weighted by Crippen LogP contribution is -2.22. The zero-order valence-electron chi connectivity index (χ0n) is 12.4. The summed E-state index contributed by atoms with van der Waals surface area (Å²) in [6.07, 6.45) is 0. The zero-order valence-corrected chi connectivity index (χ0v) is 14.6. The van der Waals surface area contributed by atoms with Crippen LogP contribution < -0.4 is 5.32 Å². The molecule has 0 aliphatic rings. The van der Waals surface area contributed by atoms with Crippen LogP contribution in [0.1, 0.15) is 21.8 Å². The van der Waals surface area contributed by atoms with Gasteiger partial charge in [-0.2, -0.15) is 4.98 Å². The third-order valence-corrected chi connectivity index (χ3v) is 4.00. The average Bonchev–Trinajstić information content (AvgIpc) is 3.03. The third kappa shape index (κ3) is 3.95. The molecule has 3 aromatic rings. The van der Waals surface area contributed by atoms with Gasteiger partial charge in [-0.1, -0.05) is 35.0 Å². The predicted octanol–water partition coefficient (Wildman–Crippen LogP) is 3.58. The van der Waals surface area contributed by atoms with Crippen LogP contribution >= 0.6 is 22.6 Å². The molecule has 0 radical (unpaired) electrons. The number of benzene rings is 2. The summed E-state index contributed by atoms with van der Waals surface area (Å²) in [6.45, 7) is 2.22. The minimum atomic E-state index is -0.170. The number of nitrogens with zero attached hydrogens (tertiary/aromatic N) is 2. The molecule has 1 heterocycles. The van der Waals surface area contributed by atoms with E-state index in [1.165, 1.54) is 5.56 Å². The normalized spacial score (nSPS) is 10.5. The van der Waals surface area contributed by atoms with Crippen LogP contribution in [0.4, 0.5) is 0 Å². The van der Waals surface area contributed by atoms with E-state index in [9.17, 15) is 4.79 Å². The maximum atomic E-state index is 12.0. The highest BCUT2D eigenvalue weighted by atomic mass is 127. The number of carbonyl (C=O) groups is 1. The molecule has 0 saturated heterocycles. The molecule has 0 aliphatic heterocycles. The Hall–Kier alpha value is -2.22. The lowest BCUT2D eigenvalue weighted by Gasteiger charge is -2.02. The SMILES string of the molecule is Cc1ccc(-c2noc(CNC(=O)c3ccc(I)cc3)n2)cc1. The fraction of sp³-hybridized carbons (Fsp3) is 0.118. The number of aromatic nitrogens is 2. The third-order valence-electron chi connectivity index (χ3n) is 3.28. The average molecular weight is 419 g/mol. The monoisotopic (exact) mass is 419 g/mol. The molecule has 0 atom stereocenters. The molecule has 0 fully saturated rings. The maximum absolute atomic E-state index is 12.0. The first kappa shape index (κ1) is 15.7. The number of carbonyl (C=O) groups excluding carboxylic acids is 1. The van der Waals surface area contributed by atoms with Crippen LogP contribution in [0, 0.1) is 10.5 Å². The molecule has 1 amide bonds. The minimum absolute atomic E-state index is 0.170. The van der Waals surface area contributed by atoms with Crippen molar-refractivity contribution in [3.8, 4) is 11.4 Å². The van der Waals surface area contributed by atoms with Crippen LogP contribution in [0.3, 0.4) is 0 Å². The van der Waals surface area contributed by atoms with Crippen molar-refractivity contribution in [1.29, 1.82) is 0 Å². The number of aryl methyl sites for hydroxylation is 1. The van der Waals surface area contributed by atoms with Gasteiger partial charge in [-0.25, -0.2) is 0 Å². The fourth-order valence-corrected chi connectivity index (χ4v) is 2.37. The smallest absolute Gasteiger partial charge is 0.251 e. The highest BCUT2D eigenvalue weighted by Gasteiger charge is 2.10. The van der Waals surface area contributed by atoms with Gasteiger partial charge in [0.25, 0.3) is 5.91 Å². The molecular formula is C17H14IN3O2. The second-order valence-corrected chi connectivity index (χ2v) is 6.31. The van der Waals surface area contributed by atoms with Crippen molar-refractivity contribution >= 4 is 28.5 Å². The van der Waals surface area contributed by atoms with E-state index in [1.807, 2.05) is 43.3 Å². The van der Waals surface area contributed by atoms with E-state index < -0.39 is 0 Å². The molecule has 0 bridgehead atoms. The lowest BCUT2D eigenvalue weighted by atomic mass is 10.1. The number of rotatable bonds is 4. The summed E-state index contributed by atoms with van der Waals surface area (Å²) < 4.78 is 6.26. The van der Waals surface area contributed by atoms with Crippen LogP contribution in [0.5, 0.6) is 0 Å². The van der Waals surface area contributed by atoms with Gasteiger partial charge in [0.1, 0.15) is 0 Å². The maximum Gasteiger partial charge on any atom is 0.251 e. The van der Waals surface area contributed by atoms with E-state index in [2.05, 4.69) is 38.0 Å². The van der Waals surface area contributed by atoms with Crippen molar-refractivity contribution in [3.63, 3.8) is 0 Å². The number of hydrogen-bond acceptors (Lipinski definition) is 4. The lowest BCUT2D eigenvalue weighted by molar-refractivity contribution is 0.0946. The first-order chi connectivity index (χ1) is 11.1. The number of hydrogen-bond donors (Lipinski definition) is 1. The summed E-state index contributed by atoms with van der Waals surface area (Å²) in [6, 6.07) is 15.2. The summed E-state index contributed by atoms with van der Waals surface area (Å²) in [5.74, 6) is 0.722. The Bertz CT molecular complexity index is 811. The zero-order chi connectivity index (χ0) is 16.2. The Morgan fingerprint density at radius 3 is 2.52 bits per heavy atom. The van der Waals surface area contributed by atoms with Gasteiger partial charge in [-0.15, -0.1) is 0 Å². The molecule has 0 spiro atoms. The number of halogens is 1. The molecule has 0 saturated carbocycles. The van der Waals surface area contributed by atoms with Crippen LogP contribution in [0.25, 0.3) is 11.4 Å². The standard InChI is InChI=1S/C17H14IN3O2/c1-11-2-4-12(5-3-11)16-20-15(23-21-16)10-19-17(22)13-6-8-14(18)9-7-13/h2-9H,10H2,1H3,(H,19,22). The number of amides is 1. The van der Waals surface area contributed by atoms with E-state index in [0.29, 0.717) is 17.3 Å². The van der Waals surface area contributed by atoms with Crippen LogP contribution in [-0.2, 0) is 6.54 Å². The molecule has 116 valence electrons. The van der Waals surface area contributed by atoms with Crippen LogP contribution in [0.15, 0.2) is 53.1 Å². The fourth-order valence-electron chi connectivity index (χ4n) is 2.01. The summed E-state index contributed by atoms with van der Waals surface area (Å²) in [4.78, 5) is 16.3. The van der Waals surface area contributed by atoms with E-state index in [-0.39, 0.29) is 12.5 Å². The van der Waals surface area contributed by atoms with Gasteiger partial charge in [-0.05, 0) is 53.8 Å². The molecule has 3 rings (SSSR count). The summed E-state index contributed by atoms with van der Waals surface area (Å²) in [5, 5.41) is 6.71. The van der Waals surface area contributed by atoms with Crippen molar-refractivity contribution in [2.75, 3.05) is 0 Å². The molecule has 0 unspecified atom stereocenters. The van der Waals surface area contributed by atoms with Crippen molar-refractivity contribution in [2.24, 2.45) is 0 Å². The highest BCUT2D eigenvalue weighted by Crippen LogP contribution is 2.16. The van der Waals surface area contributed by atoms with Gasteiger partial charge in [0.15, 0.2) is 0 Å². The van der Waals surface area contributed by atoms with Gasteiger partial charge in [0.2, 0.25) is 11.7 Å². The van der Waals surface area contributed by atoms with Crippen molar-refractivity contribution in [2.45, 2.75) is 13.5 Å². The molecule has 2 aromatic carbocycles. The highest BCUT2D eigenvalue weighted by molar-refractivity contribution is 14.1. The van der Waals surface area contributed by atoms with Gasteiger partial charge in [0.05, 0.1) is 6.54 Å². The van der Waals surface area contributed by atoms with E-state index >= 15 is 0 Å². The molecule has 23 heavy (non-hydrogen) atoms. The van der Waals surface area contributed by atoms with Gasteiger partial charge in [0, 0.05) is 14.7 Å². The first-order valence-corrected chi connectivity index (χ1v) is 8.13. The summed E-state index contributed by atoms with van der Waals surface area (Å²) in [7, 11) is 0. The van der Waals surface area contributed by atoms with Crippen molar-refractivity contribution in [1.82, 2.24) is 15.5 Å². The molecule has 5 nitrogen and oxygen atoms in total. The Morgan fingerprint density at radius 2 is 1.83 bits per heavy atom. The molecule has 1 N–H and O–H groups in total. The largest absolute Gasteiger partial charge is 0.343 e. The Morgan fingerprint density at radius 1 is 1.13 bits per heavy atom. The van der Waals surface area contributed by atoms with Gasteiger partial charge >= 0.3 is 0 Å².